The average molecular weight is 335 g/mol. The highest BCUT2D eigenvalue weighted by molar-refractivity contribution is 6.09. The van der Waals surface area contributed by atoms with Gasteiger partial charge >= 0.3 is 0 Å². The summed E-state index contributed by atoms with van der Waals surface area (Å²) in [6.07, 6.45) is -0.0620. The van der Waals surface area contributed by atoms with E-state index >= 15 is 0 Å². The molecule has 25 heavy (non-hydrogen) atoms. The number of nitrogens with zero attached hydrogens (tertiary/aromatic N) is 1. The number of fused-ring (bicyclic) bond motifs is 2. The van der Waals surface area contributed by atoms with Crippen molar-refractivity contribution in [2.75, 3.05) is 11.4 Å². The van der Waals surface area contributed by atoms with Gasteiger partial charge in [-0.3, -0.25) is 9.69 Å². The number of ether oxygens (including phenoxy) is 1. The van der Waals surface area contributed by atoms with Crippen LogP contribution in [0.1, 0.15) is 34.2 Å². The highest BCUT2D eigenvalue weighted by Gasteiger charge is 2.31. The van der Waals surface area contributed by atoms with E-state index in [1.165, 1.54) is 5.56 Å². The predicted molar refractivity (Wildman–Crippen MR) is 98.6 cm³/mol. The van der Waals surface area contributed by atoms with Crippen LogP contribution in [0.25, 0.3) is 11.0 Å². The van der Waals surface area contributed by atoms with E-state index < -0.39 is 0 Å². The molecule has 4 heteroatoms. The molecule has 4 nitrogen and oxygen atoms in total. The smallest absolute Gasteiger partial charge is 0.294 e. The molecule has 2 aromatic carbocycles. The molecule has 0 saturated carbocycles. The van der Waals surface area contributed by atoms with Gasteiger partial charge < -0.3 is 9.15 Å². The molecule has 0 fully saturated rings. The fraction of sp³-hybridized carbons (Fsp3) is 0.286. The van der Waals surface area contributed by atoms with Crippen LogP contribution >= 0.6 is 0 Å². The van der Waals surface area contributed by atoms with Crippen molar-refractivity contribution in [3.63, 3.8) is 0 Å². The van der Waals surface area contributed by atoms with Crippen LogP contribution in [0, 0.1) is 20.8 Å². The Bertz CT molecular complexity index is 986. The van der Waals surface area contributed by atoms with E-state index in [1.807, 2.05) is 51.1 Å². The zero-order valence-corrected chi connectivity index (χ0v) is 14.9. The number of amides is 1. The van der Waals surface area contributed by atoms with Gasteiger partial charge in [-0.2, -0.15) is 0 Å². The zero-order valence-electron chi connectivity index (χ0n) is 14.9. The van der Waals surface area contributed by atoms with Crippen molar-refractivity contribution >= 4 is 22.6 Å². The van der Waals surface area contributed by atoms with Crippen molar-refractivity contribution in [2.24, 2.45) is 0 Å². The quantitative estimate of drug-likeness (QED) is 0.642. The molecule has 3 aromatic rings. The molecule has 2 heterocycles. The fourth-order valence-electron chi connectivity index (χ4n) is 3.38. The lowest BCUT2D eigenvalue weighted by atomic mass is 10.0. The molecule has 0 bridgehead atoms. The normalized spacial score (nSPS) is 16.6. The van der Waals surface area contributed by atoms with E-state index in [-0.39, 0.29) is 12.0 Å². The summed E-state index contributed by atoms with van der Waals surface area (Å²) in [7, 11) is 0. The summed E-state index contributed by atoms with van der Waals surface area (Å²) < 4.78 is 11.8. The molecule has 1 aliphatic heterocycles. The lowest BCUT2D eigenvalue weighted by molar-refractivity contribution is 0.0935. The van der Waals surface area contributed by atoms with E-state index in [0.29, 0.717) is 12.3 Å². The van der Waals surface area contributed by atoms with Crippen molar-refractivity contribution in [3.05, 3.63) is 58.8 Å². The standard InChI is InChI=1S/C21H21NO3/c1-12-9-16-15(4)20(25-19(16)10-13(12)2)21(23)22-11-14(3)24-18-8-6-5-7-17(18)22/h5-10,14H,11H2,1-4H3/t14-/m0/s1. The van der Waals surface area contributed by atoms with Crippen molar-refractivity contribution in [2.45, 2.75) is 33.8 Å². The van der Waals surface area contributed by atoms with Crippen LogP contribution in [0.5, 0.6) is 5.75 Å². The molecule has 0 unspecified atom stereocenters. The number of furan rings is 1. The molecule has 0 spiro atoms. The first kappa shape index (κ1) is 15.8. The van der Waals surface area contributed by atoms with E-state index in [0.717, 1.165) is 33.5 Å². The minimum absolute atomic E-state index is 0.0620. The minimum atomic E-state index is -0.119. The number of hydrogen-bond donors (Lipinski definition) is 0. The molecule has 128 valence electrons. The number of benzene rings is 2. The summed E-state index contributed by atoms with van der Waals surface area (Å²) in [5.74, 6) is 1.02. The summed E-state index contributed by atoms with van der Waals surface area (Å²) in [6, 6.07) is 11.7. The summed E-state index contributed by atoms with van der Waals surface area (Å²) in [5, 5.41) is 1.00. The van der Waals surface area contributed by atoms with Crippen LogP contribution in [0.15, 0.2) is 40.8 Å². The van der Waals surface area contributed by atoms with Crippen LogP contribution < -0.4 is 9.64 Å². The molecule has 4 rings (SSSR count). The second-order valence-electron chi connectivity index (χ2n) is 6.80. The predicted octanol–water partition coefficient (Wildman–Crippen LogP) is 4.79. The molecule has 1 aliphatic rings. The maximum Gasteiger partial charge on any atom is 0.294 e. The third kappa shape index (κ3) is 2.49. The Morgan fingerprint density at radius 2 is 1.84 bits per heavy atom. The molecular weight excluding hydrogens is 314 g/mol. The highest BCUT2D eigenvalue weighted by atomic mass is 16.5. The second-order valence-corrected chi connectivity index (χ2v) is 6.80. The Kier molecular flexibility index (Phi) is 3.57. The van der Waals surface area contributed by atoms with Crippen LogP contribution in [0.3, 0.4) is 0 Å². The molecule has 1 aromatic heterocycles. The average Bonchev–Trinajstić information content (AvgIpc) is 2.90. The lowest BCUT2D eigenvalue weighted by Gasteiger charge is -2.33. The Morgan fingerprint density at radius 1 is 1.12 bits per heavy atom. The van der Waals surface area contributed by atoms with Crippen molar-refractivity contribution in [1.82, 2.24) is 0 Å². The van der Waals surface area contributed by atoms with E-state index in [2.05, 4.69) is 13.0 Å². The molecule has 0 saturated heterocycles. The topological polar surface area (TPSA) is 42.7 Å². The van der Waals surface area contributed by atoms with Crippen LogP contribution in [0.4, 0.5) is 5.69 Å². The van der Waals surface area contributed by atoms with Gasteiger partial charge in [-0.15, -0.1) is 0 Å². The number of aryl methyl sites for hydroxylation is 3. The second kappa shape index (κ2) is 5.66. The molecule has 1 amide bonds. The van der Waals surface area contributed by atoms with Crippen LogP contribution in [0.2, 0.25) is 0 Å². The first-order chi connectivity index (χ1) is 12.0. The first-order valence-electron chi connectivity index (χ1n) is 8.53. The van der Waals surface area contributed by atoms with Crippen molar-refractivity contribution in [1.29, 1.82) is 0 Å². The van der Waals surface area contributed by atoms with Gasteiger partial charge in [0.05, 0.1) is 12.2 Å². The largest absolute Gasteiger partial charge is 0.487 e. The molecule has 1 atom stereocenters. The first-order valence-corrected chi connectivity index (χ1v) is 8.53. The zero-order chi connectivity index (χ0) is 17.7. The maximum atomic E-state index is 13.2. The number of hydrogen-bond acceptors (Lipinski definition) is 3. The van der Waals surface area contributed by atoms with E-state index in [9.17, 15) is 4.79 Å². The fourth-order valence-corrected chi connectivity index (χ4v) is 3.38. The number of anilines is 1. The van der Waals surface area contributed by atoms with E-state index in [4.69, 9.17) is 9.15 Å². The van der Waals surface area contributed by atoms with Crippen molar-refractivity contribution < 1.29 is 13.9 Å². The maximum absolute atomic E-state index is 13.2. The summed E-state index contributed by atoms with van der Waals surface area (Å²) in [4.78, 5) is 15.0. The van der Waals surface area contributed by atoms with Gasteiger partial charge in [0.1, 0.15) is 17.4 Å². The number of rotatable bonds is 1. The lowest BCUT2D eigenvalue weighted by Crippen LogP contribution is -2.42. The molecular formula is C21H21NO3. The molecule has 0 radical (unpaired) electrons. The van der Waals surface area contributed by atoms with Crippen LogP contribution in [-0.4, -0.2) is 18.6 Å². The van der Waals surface area contributed by atoms with E-state index in [1.54, 1.807) is 4.90 Å². The SMILES string of the molecule is Cc1cc2oc(C(=O)N3C[C@H](C)Oc4ccccc43)c(C)c2cc1C. The Hall–Kier alpha value is -2.75. The Morgan fingerprint density at radius 3 is 2.64 bits per heavy atom. The summed E-state index contributed by atoms with van der Waals surface area (Å²) >= 11 is 0. The van der Waals surface area contributed by atoms with Crippen molar-refractivity contribution in [3.8, 4) is 5.75 Å². The van der Waals surface area contributed by atoms with Gasteiger partial charge in [-0.05, 0) is 63.1 Å². The summed E-state index contributed by atoms with van der Waals surface area (Å²) in [5.41, 5.74) is 4.79. The van der Waals surface area contributed by atoms with Gasteiger partial charge in [0.15, 0.2) is 5.76 Å². The Balaban J connectivity index is 1.82. The monoisotopic (exact) mass is 335 g/mol. The van der Waals surface area contributed by atoms with Gasteiger partial charge in [-0.25, -0.2) is 0 Å². The van der Waals surface area contributed by atoms with Gasteiger partial charge in [0.2, 0.25) is 0 Å². The number of carbonyl (C=O) groups is 1. The molecule has 0 aliphatic carbocycles. The highest BCUT2D eigenvalue weighted by Crippen LogP contribution is 2.36. The van der Waals surface area contributed by atoms with Gasteiger partial charge in [0, 0.05) is 10.9 Å². The summed E-state index contributed by atoms with van der Waals surface area (Å²) in [6.45, 7) is 8.54. The van der Waals surface area contributed by atoms with Crippen LogP contribution in [-0.2, 0) is 0 Å². The third-order valence-corrected chi connectivity index (χ3v) is 4.92. The van der Waals surface area contributed by atoms with Gasteiger partial charge in [-0.1, -0.05) is 12.1 Å². The Labute approximate surface area is 147 Å². The number of para-hydroxylation sites is 2. The minimum Gasteiger partial charge on any atom is -0.487 e. The van der Waals surface area contributed by atoms with Gasteiger partial charge in [0.25, 0.3) is 5.91 Å². The third-order valence-electron chi connectivity index (χ3n) is 4.92. The molecule has 0 N–H and O–H groups in total. The number of carbonyl (C=O) groups excluding carboxylic acids is 1.